The van der Waals surface area contributed by atoms with Gasteiger partial charge in [0.05, 0.1) is 25.0 Å². The van der Waals surface area contributed by atoms with Gasteiger partial charge in [0.1, 0.15) is 24.0 Å². The van der Waals surface area contributed by atoms with Crippen LogP contribution in [-0.2, 0) is 23.3 Å². The van der Waals surface area contributed by atoms with Crippen molar-refractivity contribution in [2.75, 3.05) is 32.3 Å². The van der Waals surface area contributed by atoms with Gasteiger partial charge in [-0.25, -0.2) is 4.98 Å². The van der Waals surface area contributed by atoms with E-state index in [4.69, 9.17) is 36.1 Å². The van der Waals surface area contributed by atoms with E-state index < -0.39 is 30.9 Å². The van der Waals surface area contributed by atoms with Gasteiger partial charge >= 0.3 is 0 Å². The van der Waals surface area contributed by atoms with Crippen LogP contribution in [0.25, 0.3) is 11.2 Å². The summed E-state index contributed by atoms with van der Waals surface area (Å²) in [5.74, 6) is -0.594. The number of hydrogen-bond acceptors (Lipinski definition) is 9. The lowest BCUT2D eigenvalue weighted by Gasteiger charge is -2.45. The number of anilines is 1. The number of nitrogen functional groups attached to an aromatic ring is 1. The van der Waals surface area contributed by atoms with E-state index in [0.717, 1.165) is 0 Å². The van der Waals surface area contributed by atoms with Gasteiger partial charge in [-0.1, -0.05) is 6.92 Å². The minimum Gasteiger partial charge on any atom is -0.382 e. The van der Waals surface area contributed by atoms with Crippen LogP contribution in [0.15, 0.2) is 6.33 Å². The summed E-state index contributed by atoms with van der Waals surface area (Å²) < 4.78 is 38.0. The van der Waals surface area contributed by atoms with Gasteiger partial charge in [-0.2, -0.15) is 9.97 Å². The molecule has 0 aromatic carbocycles. The molecule has 10 nitrogen and oxygen atoms in total. The summed E-state index contributed by atoms with van der Waals surface area (Å²) in [6, 6.07) is 0. The molecule has 0 amide bonds. The lowest BCUT2D eigenvalue weighted by atomic mass is 9.81. The van der Waals surface area contributed by atoms with E-state index in [1.54, 1.807) is 24.2 Å². The molecule has 0 radical (unpaired) electrons. The minimum absolute atomic E-state index is 0.0199. The fraction of sp³-hybridized carbons (Fsp3) is 0.706. The molecule has 12 heteroatoms. The molecular formula is C17H25ClN5O5P. The van der Waals surface area contributed by atoms with Crippen LogP contribution in [0.1, 0.15) is 27.0 Å². The van der Waals surface area contributed by atoms with Crippen molar-refractivity contribution in [3.05, 3.63) is 11.6 Å². The van der Waals surface area contributed by atoms with E-state index in [1.165, 1.54) is 0 Å². The van der Waals surface area contributed by atoms with Gasteiger partial charge in [-0.15, -0.1) is 0 Å². The van der Waals surface area contributed by atoms with Gasteiger partial charge in [0.15, 0.2) is 24.6 Å². The zero-order valence-corrected chi connectivity index (χ0v) is 18.6. The molecule has 0 saturated carbocycles. The van der Waals surface area contributed by atoms with Crippen molar-refractivity contribution in [2.45, 2.75) is 45.0 Å². The Labute approximate surface area is 173 Å². The van der Waals surface area contributed by atoms with Gasteiger partial charge < -0.3 is 24.5 Å². The summed E-state index contributed by atoms with van der Waals surface area (Å²) in [6.45, 7) is 9.34. The second-order valence-corrected chi connectivity index (χ2v) is 11.6. The second-order valence-electron chi connectivity index (χ2n) is 8.51. The van der Waals surface area contributed by atoms with E-state index in [9.17, 15) is 4.57 Å². The lowest BCUT2D eigenvalue weighted by Crippen LogP contribution is -2.54. The van der Waals surface area contributed by atoms with Crippen LogP contribution in [0.5, 0.6) is 0 Å². The largest absolute Gasteiger partial charge is 0.382 e. The number of hydrogen-bond donors (Lipinski definition) is 1. The molecule has 4 heterocycles. The second kappa shape index (κ2) is 6.87. The molecule has 160 valence electrons. The molecule has 0 bridgehead atoms. The highest BCUT2D eigenvalue weighted by molar-refractivity contribution is 7.57. The molecule has 2 aromatic rings. The third-order valence-electron chi connectivity index (χ3n) is 5.22. The zero-order chi connectivity index (χ0) is 21.2. The van der Waals surface area contributed by atoms with Crippen LogP contribution in [0.3, 0.4) is 0 Å². The van der Waals surface area contributed by atoms with Crippen molar-refractivity contribution >= 4 is 36.0 Å². The molecule has 0 aliphatic carbocycles. The summed E-state index contributed by atoms with van der Waals surface area (Å²) in [5.41, 5.74) is 6.24. The first-order valence-electron chi connectivity index (χ1n) is 9.22. The highest BCUT2D eigenvalue weighted by atomic mass is 35.5. The van der Waals surface area contributed by atoms with E-state index >= 15 is 0 Å². The number of fused-ring (bicyclic) bond motifs is 2. The van der Waals surface area contributed by atoms with Crippen molar-refractivity contribution in [1.29, 1.82) is 0 Å². The number of ether oxygens (including phenoxy) is 3. The van der Waals surface area contributed by atoms with Crippen molar-refractivity contribution in [3.63, 3.8) is 0 Å². The highest BCUT2D eigenvalue weighted by Gasteiger charge is 2.60. The Balaban J connectivity index is 1.75. The number of aromatic nitrogens is 4. The summed E-state index contributed by atoms with van der Waals surface area (Å²) >= 11 is 6.01. The molecule has 4 atom stereocenters. The van der Waals surface area contributed by atoms with E-state index in [1.807, 2.05) is 20.8 Å². The average molecular weight is 446 g/mol. The number of imidazole rings is 1. The average Bonchev–Trinajstić information content (AvgIpc) is 3.11. The number of nitrogens with zero attached hydrogens (tertiary/aromatic N) is 4. The van der Waals surface area contributed by atoms with Gasteiger partial charge in [-0.05, 0) is 25.4 Å². The number of nitrogens with two attached hydrogens (primary N) is 1. The number of halogens is 1. The van der Waals surface area contributed by atoms with E-state index in [-0.39, 0.29) is 23.8 Å². The Morgan fingerprint density at radius 3 is 2.79 bits per heavy atom. The molecule has 2 aliphatic heterocycles. The van der Waals surface area contributed by atoms with E-state index in [0.29, 0.717) is 17.8 Å². The van der Waals surface area contributed by atoms with E-state index in [2.05, 4.69) is 15.0 Å². The molecule has 4 rings (SSSR count). The fourth-order valence-electron chi connectivity index (χ4n) is 3.84. The van der Waals surface area contributed by atoms with Crippen molar-refractivity contribution in [3.8, 4) is 0 Å². The Morgan fingerprint density at radius 2 is 2.10 bits per heavy atom. The first-order chi connectivity index (χ1) is 13.4. The topological polar surface area (TPSA) is 124 Å². The van der Waals surface area contributed by atoms with Crippen molar-refractivity contribution in [2.24, 2.45) is 5.41 Å². The monoisotopic (exact) mass is 445 g/mol. The van der Waals surface area contributed by atoms with Crippen molar-refractivity contribution < 1.29 is 23.3 Å². The standard InChI is InChI=1S/C17H25ClN5O5P/c1-16(2)25-7-17(3)11(28-16)9(6-26-29(4,5)24)27-14(17)23-8-20-10-12(19)21-15(18)22-13(10)23/h8-9,11,14H,6-7H2,1-5H3,(H2,19,21,22)/t9-,11?,14-,17+/m1/s1. The minimum atomic E-state index is -2.69. The molecule has 2 fully saturated rings. The molecule has 29 heavy (non-hydrogen) atoms. The van der Waals surface area contributed by atoms with Gasteiger partial charge in [-0.3, -0.25) is 9.13 Å². The normalized spacial score (nSPS) is 31.9. The van der Waals surface area contributed by atoms with Crippen LogP contribution in [0.2, 0.25) is 5.28 Å². The van der Waals surface area contributed by atoms with Crippen LogP contribution in [0.4, 0.5) is 5.82 Å². The molecule has 2 saturated heterocycles. The summed E-state index contributed by atoms with van der Waals surface area (Å²) in [6.07, 6.45) is 0.219. The van der Waals surface area contributed by atoms with Gasteiger partial charge in [0.2, 0.25) is 5.28 Å². The maximum absolute atomic E-state index is 12.1. The lowest BCUT2D eigenvalue weighted by molar-refractivity contribution is -0.314. The third kappa shape index (κ3) is 3.78. The smallest absolute Gasteiger partial charge is 0.226 e. The Kier molecular flexibility index (Phi) is 4.96. The Morgan fingerprint density at radius 1 is 1.38 bits per heavy atom. The maximum Gasteiger partial charge on any atom is 0.226 e. The summed E-state index contributed by atoms with van der Waals surface area (Å²) in [4.78, 5) is 12.6. The first kappa shape index (κ1) is 21.0. The third-order valence-corrected chi connectivity index (χ3v) is 6.16. The molecule has 2 aromatic heterocycles. The van der Waals surface area contributed by atoms with Crippen LogP contribution < -0.4 is 5.73 Å². The molecule has 2 N–H and O–H groups in total. The van der Waals surface area contributed by atoms with Crippen LogP contribution >= 0.6 is 19.0 Å². The zero-order valence-electron chi connectivity index (χ0n) is 17.0. The highest BCUT2D eigenvalue weighted by Crippen LogP contribution is 2.53. The van der Waals surface area contributed by atoms with Crippen molar-refractivity contribution in [1.82, 2.24) is 19.5 Å². The summed E-state index contributed by atoms with van der Waals surface area (Å²) in [7, 11) is -2.69. The Hall–Kier alpha value is -1.29. The van der Waals surface area contributed by atoms with Crippen LogP contribution in [-0.4, -0.2) is 64.1 Å². The SMILES string of the molecule is CC1(C)OC[C@@]2(C)C(O1)[C@@H](COP(C)(C)=O)O[C@H]2n1cnc2c(N)nc(Cl)nc21. The van der Waals surface area contributed by atoms with Gasteiger partial charge in [0, 0.05) is 13.3 Å². The van der Waals surface area contributed by atoms with Gasteiger partial charge in [0.25, 0.3) is 0 Å². The predicted molar refractivity (Wildman–Crippen MR) is 107 cm³/mol. The fourth-order valence-corrected chi connectivity index (χ4v) is 4.51. The predicted octanol–water partition coefficient (Wildman–Crippen LogP) is 2.67. The maximum atomic E-state index is 12.1. The number of rotatable bonds is 4. The molecule has 1 unspecified atom stereocenters. The molecular weight excluding hydrogens is 421 g/mol. The Bertz CT molecular complexity index is 994. The first-order valence-corrected chi connectivity index (χ1v) is 12.1. The quantitative estimate of drug-likeness (QED) is 0.558. The summed E-state index contributed by atoms with van der Waals surface area (Å²) in [5, 5.41) is 0.0199. The van der Waals surface area contributed by atoms with Crippen LogP contribution in [0, 0.1) is 5.41 Å². The molecule has 2 aliphatic rings. The molecule has 0 spiro atoms.